The number of hydrogen-bond donors (Lipinski definition) is 0. The molecule has 4 heteroatoms. The number of ether oxygens (including phenoxy) is 1. The van der Waals surface area contributed by atoms with Gasteiger partial charge < -0.3 is 9.64 Å². The Kier molecular flexibility index (Phi) is 3.39. The first-order valence-electron chi connectivity index (χ1n) is 5.68. The van der Waals surface area contributed by atoms with Crippen LogP contribution in [0.4, 0.5) is 5.69 Å². The zero-order valence-electron chi connectivity index (χ0n) is 9.48. The highest BCUT2D eigenvalue weighted by atomic mass is 16.5. The average molecular weight is 220 g/mol. The topological polar surface area (TPSA) is 42.4 Å². The van der Waals surface area contributed by atoms with Gasteiger partial charge in [0.2, 0.25) is 0 Å². The van der Waals surface area contributed by atoms with Crippen molar-refractivity contribution in [2.24, 2.45) is 0 Å². The summed E-state index contributed by atoms with van der Waals surface area (Å²) in [5.74, 6) is -0.295. The average Bonchev–Trinajstić information content (AvgIpc) is 2.83. The van der Waals surface area contributed by atoms with E-state index in [0.717, 1.165) is 18.8 Å². The second-order valence-electron chi connectivity index (χ2n) is 3.85. The molecule has 1 fully saturated rings. The molecule has 1 saturated heterocycles. The molecule has 2 rings (SSSR count). The molecule has 0 unspecified atom stereocenters. The second-order valence-corrected chi connectivity index (χ2v) is 3.85. The number of nitrogens with zero attached hydrogens (tertiary/aromatic N) is 2. The monoisotopic (exact) mass is 220 g/mol. The summed E-state index contributed by atoms with van der Waals surface area (Å²) in [4.78, 5) is 17.9. The van der Waals surface area contributed by atoms with E-state index in [9.17, 15) is 4.79 Å². The lowest BCUT2D eigenvalue weighted by Crippen LogP contribution is -2.18. The van der Waals surface area contributed by atoms with Crippen molar-refractivity contribution in [2.45, 2.75) is 19.8 Å². The summed E-state index contributed by atoms with van der Waals surface area (Å²) in [6.45, 7) is 4.30. The predicted octanol–water partition coefficient (Wildman–Crippen LogP) is 1.86. The number of carbonyl (C=O) groups is 1. The Bertz CT molecular complexity index is 373. The summed E-state index contributed by atoms with van der Waals surface area (Å²) < 4.78 is 4.95. The Morgan fingerprint density at radius 2 is 2.19 bits per heavy atom. The summed E-state index contributed by atoms with van der Waals surface area (Å²) in [6, 6.07) is 1.86. The van der Waals surface area contributed by atoms with Crippen molar-refractivity contribution < 1.29 is 9.53 Å². The number of anilines is 1. The summed E-state index contributed by atoms with van der Waals surface area (Å²) in [5.41, 5.74) is 1.55. The van der Waals surface area contributed by atoms with E-state index in [0.29, 0.717) is 12.2 Å². The third-order valence-electron chi connectivity index (χ3n) is 2.71. The van der Waals surface area contributed by atoms with E-state index in [1.54, 1.807) is 19.3 Å². The number of esters is 1. The lowest BCUT2D eigenvalue weighted by molar-refractivity contribution is 0.0526. The van der Waals surface area contributed by atoms with Crippen LogP contribution in [-0.2, 0) is 4.74 Å². The fourth-order valence-corrected chi connectivity index (χ4v) is 1.90. The van der Waals surface area contributed by atoms with Crippen LogP contribution >= 0.6 is 0 Å². The summed E-state index contributed by atoms with van der Waals surface area (Å²) in [6.07, 6.45) is 5.78. The van der Waals surface area contributed by atoms with E-state index in [1.807, 2.05) is 6.07 Å². The standard InChI is InChI=1S/C12H16N2O2/c1-2-16-12(15)10-7-11(9-13-8-10)14-5-3-4-6-14/h7-9H,2-6H2,1H3. The van der Waals surface area contributed by atoms with Crippen LogP contribution in [0.25, 0.3) is 0 Å². The number of carbonyl (C=O) groups excluding carboxylic acids is 1. The first kappa shape index (κ1) is 10.9. The van der Waals surface area contributed by atoms with Crippen LogP contribution in [0.15, 0.2) is 18.5 Å². The lowest BCUT2D eigenvalue weighted by Gasteiger charge is -2.17. The minimum Gasteiger partial charge on any atom is -0.462 e. The first-order valence-corrected chi connectivity index (χ1v) is 5.68. The Balaban J connectivity index is 2.15. The molecule has 1 aromatic rings. The molecule has 0 radical (unpaired) electrons. The Morgan fingerprint density at radius 3 is 2.88 bits per heavy atom. The van der Waals surface area contributed by atoms with Crippen LogP contribution in [0.1, 0.15) is 30.1 Å². The molecule has 0 bridgehead atoms. The Labute approximate surface area is 95.2 Å². The van der Waals surface area contributed by atoms with Gasteiger partial charge in [0.15, 0.2) is 0 Å². The molecule has 0 aromatic carbocycles. The van der Waals surface area contributed by atoms with Crippen molar-refractivity contribution >= 4 is 11.7 Å². The van der Waals surface area contributed by atoms with Gasteiger partial charge in [0.05, 0.1) is 24.1 Å². The maximum atomic E-state index is 11.5. The van der Waals surface area contributed by atoms with Crippen molar-refractivity contribution in [1.29, 1.82) is 0 Å². The van der Waals surface area contributed by atoms with Gasteiger partial charge in [0.25, 0.3) is 0 Å². The minimum absolute atomic E-state index is 0.295. The fourth-order valence-electron chi connectivity index (χ4n) is 1.90. The maximum Gasteiger partial charge on any atom is 0.339 e. The van der Waals surface area contributed by atoms with Crippen molar-refractivity contribution in [3.05, 3.63) is 24.0 Å². The lowest BCUT2D eigenvalue weighted by atomic mass is 10.2. The van der Waals surface area contributed by atoms with Gasteiger partial charge in [0.1, 0.15) is 0 Å². The quantitative estimate of drug-likeness (QED) is 0.729. The van der Waals surface area contributed by atoms with Crippen molar-refractivity contribution in [3.8, 4) is 0 Å². The van der Waals surface area contributed by atoms with E-state index < -0.39 is 0 Å². The molecular formula is C12H16N2O2. The molecule has 0 aliphatic carbocycles. The van der Waals surface area contributed by atoms with Gasteiger partial charge >= 0.3 is 5.97 Å². The van der Waals surface area contributed by atoms with Gasteiger partial charge in [-0.05, 0) is 25.8 Å². The molecule has 0 atom stereocenters. The molecule has 4 nitrogen and oxygen atoms in total. The Hall–Kier alpha value is -1.58. The highest BCUT2D eigenvalue weighted by molar-refractivity contribution is 5.90. The van der Waals surface area contributed by atoms with Crippen LogP contribution in [0.3, 0.4) is 0 Å². The third-order valence-corrected chi connectivity index (χ3v) is 2.71. The van der Waals surface area contributed by atoms with E-state index in [4.69, 9.17) is 4.74 Å². The van der Waals surface area contributed by atoms with Gasteiger partial charge in [0, 0.05) is 19.3 Å². The highest BCUT2D eigenvalue weighted by Gasteiger charge is 2.15. The zero-order valence-corrected chi connectivity index (χ0v) is 9.48. The number of rotatable bonds is 3. The largest absolute Gasteiger partial charge is 0.462 e. The van der Waals surface area contributed by atoms with E-state index in [-0.39, 0.29) is 5.97 Å². The number of pyridine rings is 1. The summed E-state index contributed by atoms with van der Waals surface area (Å²) >= 11 is 0. The SMILES string of the molecule is CCOC(=O)c1cncc(N2CCCC2)c1. The molecular weight excluding hydrogens is 204 g/mol. The molecule has 1 aliphatic rings. The van der Waals surface area contributed by atoms with Crippen molar-refractivity contribution in [2.75, 3.05) is 24.6 Å². The first-order chi connectivity index (χ1) is 7.81. The van der Waals surface area contributed by atoms with Gasteiger partial charge in [-0.15, -0.1) is 0 Å². The van der Waals surface area contributed by atoms with Crippen LogP contribution < -0.4 is 4.90 Å². The van der Waals surface area contributed by atoms with E-state index >= 15 is 0 Å². The number of hydrogen-bond acceptors (Lipinski definition) is 4. The molecule has 0 N–H and O–H groups in total. The minimum atomic E-state index is -0.295. The molecule has 86 valence electrons. The normalized spacial score (nSPS) is 15.2. The second kappa shape index (κ2) is 4.96. The van der Waals surface area contributed by atoms with Gasteiger partial charge in [-0.1, -0.05) is 0 Å². The van der Waals surface area contributed by atoms with Crippen LogP contribution in [0, 0.1) is 0 Å². The molecule has 0 amide bonds. The summed E-state index contributed by atoms with van der Waals surface area (Å²) in [7, 11) is 0. The molecule has 0 saturated carbocycles. The fraction of sp³-hybridized carbons (Fsp3) is 0.500. The molecule has 1 aromatic heterocycles. The molecule has 1 aliphatic heterocycles. The van der Waals surface area contributed by atoms with Gasteiger partial charge in [-0.2, -0.15) is 0 Å². The van der Waals surface area contributed by atoms with Crippen LogP contribution in [-0.4, -0.2) is 30.6 Å². The number of aromatic nitrogens is 1. The third kappa shape index (κ3) is 2.32. The smallest absolute Gasteiger partial charge is 0.339 e. The van der Waals surface area contributed by atoms with Gasteiger partial charge in [-0.3, -0.25) is 4.98 Å². The van der Waals surface area contributed by atoms with Crippen molar-refractivity contribution in [1.82, 2.24) is 4.98 Å². The van der Waals surface area contributed by atoms with Crippen LogP contribution in [0.2, 0.25) is 0 Å². The molecule has 2 heterocycles. The van der Waals surface area contributed by atoms with Crippen LogP contribution in [0.5, 0.6) is 0 Å². The molecule has 16 heavy (non-hydrogen) atoms. The van der Waals surface area contributed by atoms with E-state index in [2.05, 4.69) is 9.88 Å². The maximum absolute atomic E-state index is 11.5. The summed E-state index contributed by atoms with van der Waals surface area (Å²) in [5, 5.41) is 0. The highest BCUT2D eigenvalue weighted by Crippen LogP contribution is 2.20. The van der Waals surface area contributed by atoms with Crippen molar-refractivity contribution in [3.63, 3.8) is 0 Å². The van der Waals surface area contributed by atoms with E-state index in [1.165, 1.54) is 12.8 Å². The Morgan fingerprint density at radius 1 is 1.44 bits per heavy atom. The zero-order chi connectivity index (χ0) is 11.4. The molecule has 0 spiro atoms. The van der Waals surface area contributed by atoms with Gasteiger partial charge in [-0.25, -0.2) is 4.79 Å². The predicted molar refractivity (Wildman–Crippen MR) is 61.6 cm³/mol.